The van der Waals surface area contributed by atoms with Crippen LogP contribution in [0, 0.1) is 11.6 Å². The minimum absolute atomic E-state index is 0.0159. The zero-order valence-corrected chi connectivity index (χ0v) is 31.8. The van der Waals surface area contributed by atoms with E-state index in [0.717, 1.165) is 5.56 Å². The van der Waals surface area contributed by atoms with Gasteiger partial charge in [-0.15, -0.1) is 0 Å². The quantitative estimate of drug-likeness (QED) is 0.118. The molecule has 0 bridgehead atoms. The van der Waals surface area contributed by atoms with Crippen LogP contribution in [0.3, 0.4) is 0 Å². The van der Waals surface area contributed by atoms with E-state index in [9.17, 15) is 8.78 Å². The van der Waals surface area contributed by atoms with Crippen molar-refractivity contribution in [2.24, 2.45) is 0 Å². The van der Waals surface area contributed by atoms with E-state index in [2.05, 4.69) is 41.3 Å². The summed E-state index contributed by atoms with van der Waals surface area (Å²) in [4.78, 5) is 15.6. The lowest BCUT2D eigenvalue weighted by Gasteiger charge is -2.15. The Hall–Kier alpha value is -3.69. The van der Waals surface area contributed by atoms with E-state index >= 15 is 0 Å². The van der Waals surface area contributed by atoms with Crippen molar-refractivity contribution in [1.82, 2.24) is 19.9 Å². The second-order valence-electron chi connectivity index (χ2n) is 9.83. The molecule has 0 saturated carbocycles. The summed E-state index contributed by atoms with van der Waals surface area (Å²) in [5, 5.41) is 1.51. The molecule has 0 N–H and O–H groups in total. The Kier molecular flexibility index (Phi) is 13.5. The van der Waals surface area contributed by atoms with Crippen LogP contribution in [0.2, 0.25) is 20.6 Å². The van der Waals surface area contributed by atoms with Crippen molar-refractivity contribution in [2.45, 2.75) is 0 Å². The number of ether oxygens (including phenoxy) is 4. The molecule has 0 atom stereocenters. The second-order valence-corrected chi connectivity index (χ2v) is 14.9. The number of benzene rings is 4. The second kappa shape index (κ2) is 17.2. The number of rotatable bonds is 6. The van der Waals surface area contributed by atoms with Crippen LogP contribution >= 0.6 is 67.8 Å². The lowest BCUT2D eigenvalue weighted by Crippen LogP contribution is -1.95. The van der Waals surface area contributed by atoms with Crippen LogP contribution < -0.4 is 18.9 Å². The standard InChI is InChI=1S/C16H10Cl3FN2O2.C16H12ClFN2O2.Cl2O2S/c1-23-10-5-11(24-2)14(18)12(13(10)17)7-3-8-6-21-16(19)22-15(8)9(20)4-7;1-21-12-4-10(5-13(7-12)22-2)9-3-11-8-19-16(17)20-15(11)14(18)6-9;1-5(2,3)4/h3-6H,1-2H3;3-8H,1-2H3;. The molecule has 268 valence electrons. The Balaban J connectivity index is 0.000000203. The van der Waals surface area contributed by atoms with Crippen LogP contribution in [0.25, 0.3) is 44.1 Å². The SMILES string of the molecule is COc1cc(OC)c(Cl)c(-c2cc(F)c3nc(Cl)ncc3c2)c1Cl.COc1cc(OC)cc(-c2cc(F)c3nc(Cl)ncc3c2)c1.O=S(=O)(Cl)Cl. The van der Waals surface area contributed by atoms with Crippen LogP contribution in [-0.4, -0.2) is 56.8 Å². The van der Waals surface area contributed by atoms with Gasteiger partial charge in [-0.25, -0.2) is 28.7 Å². The maximum absolute atomic E-state index is 14.4. The summed E-state index contributed by atoms with van der Waals surface area (Å²) in [6.07, 6.45) is 2.92. The highest BCUT2D eigenvalue weighted by atomic mass is 36.0. The molecular formula is C32H22Cl6F2N4O6S. The molecule has 0 fully saturated rings. The number of fused-ring (bicyclic) bond motifs is 2. The zero-order valence-electron chi connectivity index (χ0n) is 26.4. The smallest absolute Gasteiger partial charge is 0.317 e. The van der Waals surface area contributed by atoms with Gasteiger partial charge in [0.2, 0.25) is 10.6 Å². The summed E-state index contributed by atoms with van der Waals surface area (Å²) in [6.45, 7) is 0. The topological polar surface area (TPSA) is 123 Å². The number of hydrogen-bond acceptors (Lipinski definition) is 10. The summed E-state index contributed by atoms with van der Waals surface area (Å²) in [5.41, 5.74) is 2.59. The Morgan fingerprint density at radius 2 is 0.961 bits per heavy atom. The maximum atomic E-state index is 14.4. The minimum Gasteiger partial charge on any atom is -0.497 e. The molecule has 2 aromatic heterocycles. The Bertz CT molecular complexity index is 2300. The van der Waals surface area contributed by atoms with Gasteiger partial charge in [0.1, 0.15) is 45.7 Å². The first-order valence-electron chi connectivity index (χ1n) is 13.8. The van der Waals surface area contributed by atoms with Crippen molar-refractivity contribution >= 4 is 97.8 Å². The van der Waals surface area contributed by atoms with Gasteiger partial charge in [0, 0.05) is 62.2 Å². The normalized spacial score (nSPS) is 10.9. The zero-order chi connectivity index (χ0) is 37.6. The Morgan fingerprint density at radius 3 is 1.37 bits per heavy atom. The van der Waals surface area contributed by atoms with Gasteiger partial charge in [-0.3, -0.25) is 0 Å². The molecule has 0 spiro atoms. The maximum Gasteiger partial charge on any atom is 0.317 e. The van der Waals surface area contributed by atoms with Crippen molar-refractivity contribution in [3.63, 3.8) is 0 Å². The Labute approximate surface area is 319 Å². The van der Waals surface area contributed by atoms with Crippen LogP contribution in [0.15, 0.2) is 60.9 Å². The molecule has 6 aromatic rings. The van der Waals surface area contributed by atoms with E-state index in [1.165, 1.54) is 38.7 Å². The molecule has 0 aliphatic rings. The number of methoxy groups -OCH3 is 4. The highest BCUT2D eigenvalue weighted by molar-refractivity contribution is 8.31. The molecule has 0 unspecified atom stereocenters. The predicted octanol–water partition coefficient (Wildman–Crippen LogP) is 10.2. The first-order chi connectivity index (χ1) is 24.1. The highest BCUT2D eigenvalue weighted by Crippen LogP contribution is 2.46. The van der Waals surface area contributed by atoms with Crippen LogP contribution in [0.1, 0.15) is 0 Å². The van der Waals surface area contributed by atoms with Gasteiger partial charge in [0.15, 0.2) is 0 Å². The third-order valence-corrected chi connectivity index (χ3v) is 7.88. The van der Waals surface area contributed by atoms with E-state index in [1.54, 1.807) is 50.6 Å². The van der Waals surface area contributed by atoms with Gasteiger partial charge in [-0.1, -0.05) is 23.2 Å². The number of nitrogens with zero attached hydrogens (tertiary/aromatic N) is 4. The van der Waals surface area contributed by atoms with Gasteiger partial charge >= 0.3 is 8.26 Å². The van der Waals surface area contributed by atoms with Crippen molar-refractivity contribution in [1.29, 1.82) is 0 Å². The molecule has 0 aliphatic carbocycles. The molecule has 0 amide bonds. The number of aromatic nitrogens is 4. The summed E-state index contributed by atoms with van der Waals surface area (Å²) in [6, 6.07) is 13.1. The summed E-state index contributed by atoms with van der Waals surface area (Å²) >= 11 is 24.2. The average molecular weight is 841 g/mol. The van der Waals surface area contributed by atoms with E-state index in [0.29, 0.717) is 50.5 Å². The number of hydrogen-bond donors (Lipinski definition) is 0. The van der Waals surface area contributed by atoms with Gasteiger partial charge in [0.25, 0.3) is 0 Å². The van der Waals surface area contributed by atoms with Gasteiger partial charge < -0.3 is 18.9 Å². The summed E-state index contributed by atoms with van der Waals surface area (Å²) < 4.78 is 68.0. The van der Waals surface area contributed by atoms with Crippen LogP contribution in [-0.2, 0) is 8.26 Å². The fourth-order valence-corrected chi connectivity index (χ4v) is 5.57. The molecule has 2 heterocycles. The fourth-order valence-electron chi connectivity index (χ4n) is 4.59. The van der Waals surface area contributed by atoms with E-state index in [-0.39, 0.29) is 31.6 Å². The van der Waals surface area contributed by atoms with E-state index < -0.39 is 19.9 Å². The van der Waals surface area contributed by atoms with Crippen molar-refractivity contribution in [3.05, 3.63) is 93.2 Å². The largest absolute Gasteiger partial charge is 0.497 e. The fraction of sp³-hybridized carbons (Fsp3) is 0.125. The molecule has 0 aliphatic heterocycles. The Morgan fingerprint density at radius 1 is 0.569 bits per heavy atom. The molecule has 19 heteroatoms. The van der Waals surface area contributed by atoms with Gasteiger partial charge in [-0.05, 0) is 76.3 Å². The van der Waals surface area contributed by atoms with Crippen LogP contribution in [0.5, 0.6) is 23.0 Å². The molecular weight excluding hydrogens is 819 g/mol. The lowest BCUT2D eigenvalue weighted by molar-refractivity contribution is 0.394. The van der Waals surface area contributed by atoms with Crippen molar-refractivity contribution < 1.29 is 36.1 Å². The summed E-state index contributed by atoms with van der Waals surface area (Å²) in [7, 11) is 10.9. The van der Waals surface area contributed by atoms with Gasteiger partial charge in [0.05, 0.1) is 38.5 Å². The monoisotopic (exact) mass is 838 g/mol. The lowest BCUT2D eigenvalue weighted by atomic mass is 10.0. The molecule has 51 heavy (non-hydrogen) atoms. The predicted molar refractivity (Wildman–Crippen MR) is 197 cm³/mol. The van der Waals surface area contributed by atoms with Gasteiger partial charge in [-0.2, -0.15) is 8.42 Å². The third kappa shape index (κ3) is 10.2. The average Bonchev–Trinajstić information content (AvgIpc) is 3.08. The number of halogens is 8. The first kappa shape index (κ1) is 40.1. The highest BCUT2D eigenvalue weighted by Gasteiger charge is 2.20. The van der Waals surface area contributed by atoms with E-state index in [4.69, 9.17) is 73.8 Å². The molecule has 0 saturated heterocycles. The third-order valence-electron chi connectivity index (χ3n) is 6.76. The molecule has 4 aromatic carbocycles. The van der Waals surface area contributed by atoms with E-state index in [1.807, 2.05) is 0 Å². The molecule has 6 rings (SSSR count). The van der Waals surface area contributed by atoms with Crippen LogP contribution in [0.4, 0.5) is 8.78 Å². The molecule has 10 nitrogen and oxygen atoms in total. The molecule has 0 radical (unpaired) electrons. The van der Waals surface area contributed by atoms with Crippen molar-refractivity contribution in [3.8, 4) is 45.3 Å². The summed E-state index contributed by atoms with van der Waals surface area (Å²) in [5.74, 6) is 0.949. The first-order valence-corrected chi connectivity index (χ1v) is 18.4. The minimum atomic E-state index is -3.72. The van der Waals surface area contributed by atoms with Crippen molar-refractivity contribution in [2.75, 3.05) is 28.4 Å².